The van der Waals surface area contributed by atoms with Gasteiger partial charge in [0.1, 0.15) is 11.5 Å². The van der Waals surface area contributed by atoms with E-state index in [-0.39, 0.29) is 17.7 Å². The monoisotopic (exact) mass is 466 g/mol. The number of hydrogen-bond donors (Lipinski definition) is 0. The first-order valence-corrected chi connectivity index (χ1v) is 11.6. The number of methoxy groups -OCH3 is 3. The van der Waals surface area contributed by atoms with E-state index >= 15 is 0 Å². The van der Waals surface area contributed by atoms with Gasteiger partial charge in [0.15, 0.2) is 11.5 Å². The first-order valence-electron chi connectivity index (χ1n) is 10.5. The van der Waals surface area contributed by atoms with Crippen LogP contribution in [0.2, 0.25) is 0 Å². The van der Waals surface area contributed by atoms with E-state index in [9.17, 15) is 4.79 Å². The van der Waals surface area contributed by atoms with Crippen LogP contribution in [-0.4, -0.2) is 43.7 Å². The molecule has 4 rings (SSSR count). The van der Waals surface area contributed by atoms with Gasteiger partial charge in [-0.05, 0) is 48.0 Å². The zero-order valence-electron chi connectivity index (χ0n) is 18.8. The zero-order valence-corrected chi connectivity index (χ0v) is 19.6. The minimum Gasteiger partial charge on any atom is -0.497 e. The van der Waals surface area contributed by atoms with E-state index in [1.54, 1.807) is 32.6 Å². The maximum Gasteiger partial charge on any atom is 0.253 e. The fourth-order valence-corrected chi connectivity index (χ4v) is 4.59. The van der Waals surface area contributed by atoms with Crippen LogP contribution in [0.4, 0.5) is 0 Å². The van der Waals surface area contributed by atoms with Gasteiger partial charge >= 0.3 is 0 Å². The third-order valence-electron chi connectivity index (χ3n) is 5.43. The molecule has 2 heterocycles. The van der Waals surface area contributed by atoms with Crippen molar-refractivity contribution in [2.75, 3.05) is 27.1 Å². The molecule has 0 spiro atoms. The maximum absolute atomic E-state index is 13.3. The molecule has 7 nitrogen and oxygen atoms in total. The van der Waals surface area contributed by atoms with Gasteiger partial charge in [-0.1, -0.05) is 12.1 Å². The lowest BCUT2D eigenvalue weighted by Crippen LogP contribution is -2.29. The Labute approximate surface area is 197 Å². The third kappa shape index (κ3) is 5.01. The predicted molar refractivity (Wildman–Crippen MR) is 128 cm³/mol. The van der Waals surface area contributed by atoms with Crippen molar-refractivity contribution in [2.45, 2.75) is 18.2 Å². The van der Waals surface area contributed by atoms with Gasteiger partial charge in [-0.25, -0.2) is 5.01 Å². The van der Waals surface area contributed by atoms with Crippen molar-refractivity contribution in [3.63, 3.8) is 0 Å². The van der Waals surface area contributed by atoms with Crippen LogP contribution in [0.25, 0.3) is 0 Å². The van der Waals surface area contributed by atoms with Crippen molar-refractivity contribution in [3.05, 3.63) is 77.7 Å². The molecule has 1 amide bonds. The average molecular weight is 467 g/mol. The van der Waals surface area contributed by atoms with Crippen molar-refractivity contribution >= 4 is 23.4 Å². The summed E-state index contributed by atoms with van der Waals surface area (Å²) in [5.41, 5.74) is 2.63. The second-order valence-corrected chi connectivity index (χ2v) is 8.37. The molecule has 0 fully saturated rings. The van der Waals surface area contributed by atoms with Crippen molar-refractivity contribution < 1.29 is 23.4 Å². The molecule has 33 heavy (non-hydrogen) atoms. The van der Waals surface area contributed by atoms with Gasteiger partial charge in [0.25, 0.3) is 5.91 Å². The zero-order chi connectivity index (χ0) is 23.2. The number of ether oxygens (including phenoxy) is 3. The largest absolute Gasteiger partial charge is 0.497 e. The highest BCUT2D eigenvalue weighted by molar-refractivity contribution is 7.99. The number of para-hydroxylation sites is 1. The van der Waals surface area contributed by atoms with Gasteiger partial charge < -0.3 is 18.6 Å². The van der Waals surface area contributed by atoms with E-state index < -0.39 is 0 Å². The lowest BCUT2D eigenvalue weighted by molar-refractivity contribution is -0.130. The van der Waals surface area contributed by atoms with Crippen molar-refractivity contribution in [2.24, 2.45) is 5.10 Å². The fraction of sp³-hybridized carbons (Fsp3) is 0.280. The number of thioether (sulfide) groups is 1. The second-order valence-electron chi connectivity index (χ2n) is 7.39. The molecular weight excluding hydrogens is 440 g/mol. The summed E-state index contributed by atoms with van der Waals surface area (Å²) in [6.45, 7) is 0. The lowest BCUT2D eigenvalue weighted by atomic mass is 9.97. The molecule has 2 aromatic carbocycles. The number of carbonyl (C=O) groups excluding carboxylic acids is 1. The smallest absolute Gasteiger partial charge is 0.253 e. The normalized spacial score (nSPS) is 15.3. The first kappa shape index (κ1) is 22.8. The topological polar surface area (TPSA) is 73.5 Å². The van der Waals surface area contributed by atoms with E-state index in [1.165, 1.54) is 11.8 Å². The summed E-state index contributed by atoms with van der Waals surface area (Å²) >= 11 is 1.50. The number of furan rings is 1. The molecule has 1 aromatic heterocycles. The van der Waals surface area contributed by atoms with Gasteiger partial charge in [-0.15, -0.1) is 11.8 Å². The first-order chi connectivity index (χ1) is 16.1. The Morgan fingerprint density at radius 3 is 2.55 bits per heavy atom. The van der Waals surface area contributed by atoms with E-state index in [4.69, 9.17) is 23.7 Å². The second kappa shape index (κ2) is 10.5. The Bertz CT molecular complexity index is 1110. The summed E-state index contributed by atoms with van der Waals surface area (Å²) in [6.07, 6.45) is 2.19. The fourth-order valence-electron chi connectivity index (χ4n) is 3.81. The third-order valence-corrected chi connectivity index (χ3v) is 6.37. The number of benzene rings is 2. The molecule has 0 radical (unpaired) electrons. The minimum absolute atomic E-state index is 0.0788. The van der Waals surface area contributed by atoms with E-state index in [1.807, 2.05) is 54.6 Å². The lowest BCUT2D eigenvalue weighted by Gasteiger charge is -2.24. The molecule has 0 N–H and O–H groups in total. The van der Waals surface area contributed by atoms with Crippen LogP contribution in [0, 0.1) is 0 Å². The van der Waals surface area contributed by atoms with Crippen LogP contribution < -0.4 is 14.2 Å². The number of hydrazone groups is 1. The molecule has 0 aliphatic carbocycles. The SMILES string of the molecule is COc1ccc(C2=NN(C(=O)CSCc3ccco3)C(c3cccc(OC)c3OC)C2)cc1. The van der Waals surface area contributed by atoms with Crippen LogP contribution >= 0.6 is 11.8 Å². The Kier molecular flexibility index (Phi) is 7.24. The highest BCUT2D eigenvalue weighted by Gasteiger charge is 2.35. The average Bonchev–Trinajstić information content (AvgIpc) is 3.54. The van der Waals surface area contributed by atoms with Gasteiger partial charge in [-0.3, -0.25) is 4.79 Å². The van der Waals surface area contributed by atoms with E-state index in [2.05, 4.69) is 0 Å². The quantitative estimate of drug-likeness (QED) is 0.446. The standard InChI is InChI=1S/C25H26N2O5S/c1-29-18-11-9-17(10-12-18)21-14-22(20-7-4-8-23(30-2)25(20)31-3)27(26-21)24(28)16-33-15-19-6-5-13-32-19/h4-13,22H,14-16H2,1-3H3. The molecular formula is C25H26N2O5S. The van der Waals surface area contributed by atoms with Crippen LogP contribution in [0.3, 0.4) is 0 Å². The summed E-state index contributed by atoms with van der Waals surface area (Å²) in [4.78, 5) is 13.3. The summed E-state index contributed by atoms with van der Waals surface area (Å²) in [7, 11) is 4.84. The molecule has 0 bridgehead atoms. The van der Waals surface area contributed by atoms with E-state index in [0.717, 1.165) is 28.3 Å². The molecule has 0 saturated heterocycles. The summed E-state index contributed by atoms with van der Waals surface area (Å²) in [6, 6.07) is 16.8. The Hall–Kier alpha value is -3.39. The van der Waals surface area contributed by atoms with Crippen LogP contribution in [-0.2, 0) is 10.5 Å². The molecule has 1 atom stereocenters. The highest BCUT2D eigenvalue weighted by atomic mass is 32.2. The van der Waals surface area contributed by atoms with Crippen molar-refractivity contribution in [1.82, 2.24) is 5.01 Å². The molecule has 8 heteroatoms. The summed E-state index contributed by atoms with van der Waals surface area (Å²) in [5, 5.41) is 6.32. The molecule has 172 valence electrons. The summed E-state index contributed by atoms with van der Waals surface area (Å²) in [5.74, 6) is 3.65. The van der Waals surface area contributed by atoms with Crippen LogP contribution in [0.15, 0.2) is 70.4 Å². The molecule has 0 saturated carbocycles. The number of nitrogens with zero attached hydrogens (tertiary/aromatic N) is 2. The van der Waals surface area contributed by atoms with Gasteiger partial charge in [0, 0.05) is 12.0 Å². The van der Waals surface area contributed by atoms with Crippen molar-refractivity contribution in [1.29, 1.82) is 0 Å². The van der Waals surface area contributed by atoms with Gasteiger partial charge in [0.2, 0.25) is 0 Å². The Balaban J connectivity index is 1.61. The number of amides is 1. The Morgan fingerprint density at radius 1 is 1.06 bits per heavy atom. The molecule has 3 aromatic rings. The molecule has 1 aliphatic rings. The summed E-state index contributed by atoms with van der Waals surface area (Å²) < 4.78 is 21.8. The van der Waals surface area contributed by atoms with Gasteiger partial charge in [-0.2, -0.15) is 5.10 Å². The molecule has 1 aliphatic heterocycles. The molecule has 1 unspecified atom stereocenters. The van der Waals surface area contributed by atoms with E-state index in [0.29, 0.717) is 23.7 Å². The number of carbonyl (C=O) groups is 1. The van der Waals surface area contributed by atoms with Gasteiger partial charge in [0.05, 0.1) is 50.9 Å². The predicted octanol–water partition coefficient (Wildman–Crippen LogP) is 4.92. The van der Waals surface area contributed by atoms with Crippen LogP contribution in [0.1, 0.15) is 29.3 Å². The minimum atomic E-state index is -0.302. The Morgan fingerprint density at radius 2 is 1.88 bits per heavy atom. The highest BCUT2D eigenvalue weighted by Crippen LogP contribution is 2.42. The van der Waals surface area contributed by atoms with Crippen LogP contribution in [0.5, 0.6) is 17.2 Å². The number of hydrogen-bond acceptors (Lipinski definition) is 7. The van der Waals surface area contributed by atoms with Crippen molar-refractivity contribution in [3.8, 4) is 17.2 Å². The number of rotatable bonds is 9. The maximum atomic E-state index is 13.3.